The van der Waals surface area contributed by atoms with E-state index in [1.54, 1.807) is 7.11 Å². The van der Waals surface area contributed by atoms with Gasteiger partial charge < -0.3 is 10.5 Å². The van der Waals surface area contributed by atoms with Crippen LogP contribution in [0.5, 0.6) is 0 Å². The molecule has 0 radical (unpaired) electrons. The molecule has 0 fully saturated rings. The van der Waals surface area contributed by atoms with Crippen molar-refractivity contribution in [1.82, 2.24) is 4.90 Å². The highest BCUT2D eigenvalue weighted by Gasteiger charge is 2.08. The van der Waals surface area contributed by atoms with Crippen LogP contribution < -0.4 is 5.73 Å². The largest absolute Gasteiger partial charge is 0.385 e. The standard InChI is InChI=1S/C12H24N2O/c1-4-8-14(9-5-2)11-12(13)7-6-10-15-3/h1,12H,5-11,13H2,2-3H3. The molecule has 0 bridgehead atoms. The van der Waals surface area contributed by atoms with Gasteiger partial charge in [0.2, 0.25) is 0 Å². The Hall–Kier alpha value is -0.560. The molecule has 0 aliphatic carbocycles. The summed E-state index contributed by atoms with van der Waals surface area (Å²) in [6.07, 6.45) is 8.44. The quantitative estimate of drug-likeness (QED) is 0.459. The Kier molecular flexibility index (Phi) is 9.60. The average molecular weight is 212 g/mol. The molecule has 0 saturated carbocycles. The molecule has 3 nitrogen and oxygen atoms in total. The van der Waals surface area contributed by atoms with Gasteiger partial charge in [-0.05, 0) is 25.8 Å². The SMILES string of the molecule is C#CCN(CCC)CC(N)CCCOC. The highest BCUT2D eigenvalue weighted by atomic mass is 16.5. The highest BCUT2D eigenvalue weighted by molar-refractivity contribution is 4.88. The van der Waals surface area contributed by atoms with E-state index in [-0.39, 0.29) is 6.04 Å². The molecule has 2 N–H and O–H groups in total. The number of methoxy groups -OCH3 is 1. The van der Waals surface area contributed by atoms with Crippen molar-refractivity contribution in [3.63, 3.8) is 0 Å². The summed E-state index contributed by atoms with van der Waals surface area (Å²) in [5.74, 6) is 2.67. The molecule has 1 atom stereocenters. The second kappa shape index (κ2) is 9.97. The second-order valence-electron chi connectivity index (χ2n) is 3.83. The van der Waals surface area contributed by atoms with Gasteiger partial charge in [0.15, 0.2) is 0 Å². The van der Waals surface area contributed by atoms with Gasteiger partial charge in [0.25, 0.3) is 0 Å². The number of rotatable bonds is 9. The molecule has 88 valence electrons. The van der Waals surface area contributed by atoms with Crippen molar-refractivity contribution in [3.8, 4) is 12.3 Å². The van der Waals surface area contributed by atoms with Crippen molar-refractivity contribution < 1.29 is 4.74 Å². The summed E-state index contributed by atoms with van der Waals surface area (Å²) in [5.41, 5.74) is 6.01. The van der Waals surface area contributed by atoms with Gasteiger partial charge in [-0.15, -0.1) is 6.42 Å². The van der Waals surface area contributed by atoms with Crippen LogP contribution in [0.4, 0.5) is 0 Å². The van der Waals surface area contributed by atoms with Crippen LogP contribution in [0.25, 0.3) is 0 Å². The first kappa shape index (κ1) is 14.4. The lowest BCUT2D eigenvalue weighted by atomic mass is 10.1. The molecule has 0 aromatic heterocycles. The fourth-order valence-electron chi connectivity index (χ4n) is 1.59. The molecule has 0 rings (SSSR count). The highest BCUT2D eigenvalue weighted by Crippen LogP contribution is 1.99. The Morgan fingerprint density at radius 3 is 2.80 bits per heavy atom. The van der Waals surface area contributed by atoms with Gasteiger partial charge in [-0.1, -0.05) is 12.8 Å². The molecule has 0 aromatic rings. The fraction of sp³-hybridized carbons (Fsp3) is 0.833. The van der Waals surface area contributed by atoms with Gasteiger partial charge in [0.05, 0.1) is 6.54 Å². The van der Waals surface area contributed by atoms with Crippen LogP contribution >= 0.6 is 0 Å². The van der Waals surface area contributed by atoms with Crippen molar-refractivity contribution in [2.24, 2.45) is 5.73 Å². The van der Waals surface area contributed by atoms with Gasteiger partial charge in [-0.3, -0.25) is 4.90 Å². The maximum atomic E-state index is 6.01. The maximum Gasteiger partial charge on any atom is 0.0599 e. The minimum atomic E-state index is 0.208. The van der Waals surface area contributed by atoms with E-state index in [2.05, 4.69) is 17.7 Å². The summed E-state index contributed by atoms with van der Waals surface area (Å²) < 4.78 is 4.99. The molecule has 0 amide bonds. The first-order valence-electron chi connectivity index (χ1n) is 5.64. The molecule has 15 heavy (non-hydrogen) atoms. The van der Waals surface area contributed by atoms with Gasteiger partial charge in [-0.25, -0.2) is 0 Å². The lowest BCUT2D eigenvalue weighted by Crippen LogP contribution is -2.38. The van der Waals surface area contributed by atoms with Gasteiger partial charge in [0.1, 0.15) is 0 Å². The van der Waals surface area contributed by atoms with E-state index in [0.29, 0.717) is 6.54 Å². The van der Waals surface area contributed by atoms with E-state index in [4.69, 9.17) is 16.9 Å². The minimum absolute atomic E-state index is 0.208. The Balaban J connectivity index is 3.68. The van der Waals surface area contributed by atoms with Crippen LogP contribution in [-0.2, 0) is 4.74 Å². The topological polar surface area (TPSA) is 38.5 Å². The molecule has 0 heterocycles. The summed E-state index contributed by atoms with van der Waals surface area (Å²) in [6.45, 7) is 5.56. The van der Waals surface area contributed by atoms with E-state index in [0.717, 1.165) is 39.0 Å². The molecule has 0 spiro atoms. The van der Waals surface area contributed by atoms with Crippen LogP contribution in [0.15, 0.2) is 0 Å². The number of hydrogen-bond donors (Lipinski definition) is 1. The molecule has 0 aromatic carbocycles. The first-order chi connectivity index (χ1) is 7.24. The second-order valence-corrected chi connectivity index (χ2v) is 3.83. The first-order valence-corrected chi connectivity index (χ1v) is 5.64. The summed E-state index contributed by atoms with van der Waals surface area (Å²) in [6, 6.07) is 0.208. The lowest BCUT2D eigenvalue weighted by molar-refractivity contribution is 0.186. The predicted octanol–water partition coefficient (Wildman–Crippen LogP) is 1.09. The number of nitrogens with two attached hydrogens (primary N) is 1. The fourth-order valence-corrected chi connectivity index (χ4v) is 1.59. The van der Waals surface area contributed by atoms with Crippen molar-refractivity contribution >= 4 is 0 Å². The van der Waals surface area contributed by atoms with Gasteiger partial charge in [-0.2, -0.15) is 0 Å². The summed E-state index contributed by atoms with van der Waals surface area (Å²) in [5, 5.41) is 0. The zero-order valence-corrected chi connectivity index (χ0v) is 10.0. The molecule has 3 heteroatoms. The number of ether oxygens (including phenoxy) is 1. The van der Waals surface area contributed by atoms with Crippen molar-refractivity contribution in [3.05, 3.63) is 0 Å². The molecule has 0 aliphatic rings. The molecule has 0 saturated heterocycles. The third kappa shape index (κ3) is 8.44. The van der Waals surface area contributed by atoms with Gasteiger partial charge in [0, 0.05) is 26.3 Å². The zero-order chi connectivity index (χ0) is 11.5. The Morgan fingerprint density at radius 1 is 1.53 bits per heavy atom. The van der Waals surface area contributed by atoms with Gasteiger partial charge >= 0.3 is 0 Å². The van der Waals surface area contributed by atoms with Crippen molar-refractivity contribution in [1.29, 1.82) is 0 Å². The van der Waals surface area contributed by atoms with Crippen LogP contribution in [0.2, 0.25) is 0 Å². The molecule has 0 aliphatic heterocycles. The summed E-state index contributed by atoms with van der Waals surface area (Å²) in [7, 11) is 1.72. The summed E-state index contributed by atoms with van der Waals surface area (Å²) >= 11 is 0. The predicted molar refractivity (Wildman–Crippen MR) is 64.6 cm³/mol. The van der Waals surface area contributed by atoms with Crippen LogP contribution in [0.3, 0.4) is 0 Å². The van der Waals surface area contributed by atoms with E-state index >= 15 is 0 Å². The number of nitrogens with zero attached hydrogens (tertiary/aromatic N) is 1. The third-order valence-corrected chi connectivity index (χ3v) is 2.27. The molecular weight excluding hydrogens is 188 g/mol. The maximum absolute atomic E-state index is 6.01. The Morgan fingerprint density at radius 2 is 2.27 bits per heavy atom. The molecule has 1 unspecified atom stereocenters. The van der Waals surface area contributed by atoms with Crippen LogP contribution in [-0.4, -0.2) is 44.3 Å². The van der Waals surface area contributed by atoms with E-state index < -0.39 is 0 Å². The van der Waals surface area contributed by atoms with E-state index in [1.165, 1.54) is 0 Å². The van der Waals surface area contributed by atoms with Crippen molar-refractivity contribution in [2.75, 3.05) is 33.4 Å². The minimum Gasteiger partial charge on any atom is -0.385 e. The number of hydrogen-bond acceptors (Lipinski definition) is 3. The van der Waals surface area contributed by atoms with Crippen LogP contribution in [0, 0.1) is 12.3 Å². The zero-order valence-electron chi connectivity index (χ0n) is 10.0. The van der Waals surface area contributed by atoms with E-state index in [1.807, 2.05) is 0 Å². The normalized spacial score (nSPS) is 12.7. The lowest BCUT2D eigenvalue weighted by Gasteiger charge is -2.22. The summed E-state index contributed by atoms with van der Waals surface area (Å²) in [4.78, 5) is 2.23. The van der Waals surface area contributed by atoms with Crippen LogP contribution in [0.1, 0.15) is 26.2 Å². The Labute approximate surface area is 94.0 Å². The van der Waals surface area contributed by atoms with Crippen molar-refractivity contribution in [2.45, 2.75) is 32.2 Å². The number of terminal acetylenes is 1. The average Bonchev–Trinajstić information content (AvgIpc) is 2.19. The smallest absolute Gasteiger partial charge is 0.0599 e. The van der Waals surface area contributed by atoms with E-state index in [9.17, 15) is 0 Å². The molecular formula is C12H24N2O. The Bertz CT molecular complexity index is 177. The monoisotopic (exact) mass is 212 g/mol. The third-order valence-electron chi connectivity index (χ3n) is 2.27.